The molecule has 4 rings (SSSR count). The number of nitrogens with one attached hydrogen (secondary N) is 2. The van der Waals surface area contributed by atoms with Gasteiger partial charge in [0.15, 0.2) is 5.11 Å². The van der Waals surface area contributed by atoms with Crippen LogP contribution in [0.3, 0.4) is 0 Å². The summed E-state index contributed by atoms with van der Waals surface area (Å²) in [6.07, 6.45) is 3.71. The van der Waals surface area contributed by atoms with Crippen LogP contribution in [-0.2, 0) is 13.1 Å². The summed E-state index contributed by atoms with van der Waals surface area (Å²) in [6.45, 7) is 7.36. The molecule has 0 radical (unpaired) electrons. The van der Waals surface area contributed by atoms with Crippen molar-refractivity contribution in [2.24, 2.45) is 0 Å². The summed E-state index contributed by atoms with van der Waals surface area (Å²) in [5.41, 5.74) is 7.04. The lowest BCUT2D eigenvalue weighted by atomic mass is 10.1. The Hall–Kier alpha value is -3.16. The van der Waals surface area contributed by atoms with Gasteiger partial charge >= 0.3 is 0 Å². The molecular formula is C24H25ClN6S. The molecule has 0 atom stereocenters. The van der Waals surface area contributed by atoms with E-state index < -0.39 is 0 Å². The Morgan fingerprint density at radius 3 is 2.50 bits per heavy atom. The highest BCUT2D eigenvalue weighted by molar-refractivity contribution is 7.80. The fourth-order valence-electron chi connectivity index (χ4n) is 3.49. The molecular weight excluding hydrogens is 440 g/mol. The van der Waals surface area contributed by atoms with Crippen LogP contribution in [0.25, 0.3) is 0 Å². The van der Waals surface area contributed by atoms with Crippen molar-refractivity contribution in [3.8, 4) is 0 Å². The highest BCUT2D eigenvalue weighted by Gasteiger charge is 2.14. The molecule has 2 aromatic heterocycles. The van der Waals surface area contributed by atoms with Crippen LogP contribution < -0.4 is 10.6 Å². The summed E-state index contributed by atoms with van der Waals surface area (Å²) >= 11 is 11.8. The molecule has 2 heterocycles. The van der Waals surface area contributed by atoms with Crippen molar-refractivity contribution < 1.29 is 0 Å². The second-order valence-corrected chi connectivity index (χ2v) is 8.60. The first-order valence-corrected chi connectivity index (χ1v) is 11.1. The van der Waals surface area contributed by atoms with Crippen molar-refractivity contribution in [3.63, 3.8) is 0 Å². The number of benzene rings is 2. The van der Waals surface area contributed by atoms with E-state index in [2.05, 4.69) is 52.0 Å². The Morgan fingerprint density at radius 2 is 1.75 bits per heavy atom. The minimum Gasteiger partial charge on any atom is -0.330 e. The molecule has 0 saturated carbocycles. The number of anilines is 2. The van der Waals surface area contributed by atoms with Gasteiger partial charge in [-0.2, -0.15) is 10.2 Å². The Morgan fingerprint density at radius 1 is 1.00 bits per heavy atom. The number of nitrogens with zero attached hydrogens (tertiary/aromatic N) is 4. The third-order valence-corrected chi connectivity index (χ3v) is 5.83. The van der Waals surface area contributed by atoms with Gasteiger partial charge < -0.3 is 10.6 Å². The van der Waals surface area contributed by atoms with Crippen LogP contribution in [-0.4, -0.2) is 24.7 Å². The van der Waals surface area contributed by atoms with Crippen LogP contribution in [0.15, 0.2) is 60.9 Å². The zero-order chi connectivity index (χ0) is 22.7. The number of aryl methyl sites for hydroxylation is 2. The maximum absolute atomic E-state index is 6.31. The average molecular weight is 465 g/mol. The van der Waals surface area contributed by atoms with Crippen LogP contribution in [0.5, 0.6) is 0 Å². The summed E-state index contributed by atoms with van der Waals surface area (Å²) in [6, 6.07) is 16.2. The van der Waals surface area contributed by atoms with Gasteiger partial charge in [-0.05, 0) is 50.2 Å². The van der Waals surface area contributed by atoms with Crippen molar-refractivity contribution in [3.05, 3.63) is 94.0 Å². The van der Waals surface area contributed by atoms with Crippen LogP contribution in [0.1, 0.15) is 28.1 Å². The number of hydrogen-bond acceptors (Lipinski definition) is 3. The molecule has 0 saturated heterocycles. The number of rotatable bonds is 6. The van der Waals surface area contributed by atoms with Gasteiger partial charge in [-0.25, -0.2) is 0 Å². The molecule has 0 fully saturated rings. The Labute approximate surface area is 198 Å². The molecule has 0 bridgehead atoms. The van der Waals surface area contributed by atoms with E-state index in [1.54, 1.807) is 6.20 Å². The molecule has 0 unspecified atom stereocenters. The van der Waals surface area contributed by atoms with Gasteiger partial charge in [0, 0.05) is 11.2 Å². The van der Waals surface area contributed by atoms with Crippen molar-refractivity contribution in [2.45, 2.75) is 33.9 Å². The topological polar surface area (TPSA) is 59.7 Å². The predicted molar refractivity (Wildman–Crippen MR) is 135 cm³/mol. The average Bonchev–Trinajstić information content (AvgIpc) is 3.30. The van der Waals surface area contributed by atoms with E-state index in [0.29, 0.717) is 18.2 Å². The van der Waals surface area contributed by atoms with E-state index in [4.69, 9.17) is 23.8 Å². The van der Waals surface area contributed by atoms with Gasteiger partial charge in [0.05, 0.1) is 42.0 Å². The fraction of sp³-hybridized carbons (Fsp3) is 0.208. The second-order valence-electron chi connectivity index (χ2n) is 7.79. The Balaban J connectivity index is 1.40. The first-order valence-electron chi connectivity index (χ1n) is 10.3. The molecule has 0 aliphatic carbocycles. The Bertz CT molecular complexity index is 1240. The maximum Gasteiger partial charge on any atom is 0.175 e. The minimum absolute atomic E-state index is 0.489. The summed E-state index contributed by atoms with van der Waals surface area (Å²) in [5.74, 6) is 0. The van der Waals surface area contributed by atoms with E-state index in [0.717, 1.165) is 33.3 Å². The molecule has 2 aromatic carbocycles. The zero-order valence-corrected chi connectivity index (χ0v) is 19.8. The first kappa shape index (κ1) is 22.0. The van der Waals surface area contributed by atoms with E-state index in [1.165, 1.54) is 11.1 Å². The molecule has 32 heavy (non-hydrogen) atoms. The van der Waals surface area contributed by atoms with Crippen LogP contribution >= 0.6 is 23.8 Å². The largest absolute Gasteiger partial charge is 0.330 e. The van der Waals surface area contributed by atoms with Gasteiger partial charge in [0.2, 0.25) is 0 Å². The molecule has 8 heteroatoms. The van der Waals surface area contributed by atoms with E-state index in [-0.39, 0.29) is 0 Å². The standard InChI is InChI=1S/C24H25ClN6S/c1-16-8-10-19(11-9-16)13-30-15-21(12-26-30)27-24(32)28-23-17(2)29-31(18(23)3)14-20-6-4-5-7-22(20)25/h4-12,15H,13-14H2,1-3H3,(H2,27,28,32). The molecule has 0 aliphatic rings. The monoisotopic (exact) mass is 464 g/mol. The molecule has 0 amide bonds. The zero-order valence-electron chi connectivity index (χ0n) is 18.3. The lowest BCUT2D eigenvalue weighted by Gasteiger charge is -2.10. The summed E-state index contributed by atoms with van der Waals surface area (Å²) in [4.78, 5) is 0. The third-order valence-electron chi connectivity index (χ3n) is 5.25. The summed E-state index contributed by atoms with van der Waals surface area (Å²) in [5, 5.41) is 16.8. The quantitative estimate of drug-likeness (QED) is 0.365. The van der Waals surface area contributed by atoms with Gasteiger partial charge in [0.25, 0.3) is 0 Å². The number of thiocarbonyl (C=S) groups is 1. The lowest BCUT2D eigenvalue weighted by Crippen LogP contribution is -2.19. The molecule has 4 aromatic rings. The number of halogens is 1. The summed E-state index contributed by atoms with van der Waals surface area (Å²) < 4.78 is 3.81. The molecule has 0 spiro atoms. The predicted octanol–water partition coefficient (Wildman–Crippen LogP) is 5.56. The smallest absolute Gasteiger partial charge is 0.175 e. The van der Waals surface area contributed by atoms with Crippen molar-refractivity contribution in [1.82, 2.24) is 19.6 Å². The summed E-state index contributed by atoms with van der Waals surface area (Å²) in [7, 11) is 0. The minimum atomic E-state index is 0.489. The first-order chi connectivity index (χ1) is 15.4. The second kappa shape index (κ2) is 9.54. The van der Waals surface area contributed by atoms with E-state index in [1.807, 2.05) is 53.7 Å². The van der Waals surface area contributed by atoms with E-state index in [9.17, 15) is 0 Å². The van der Waals surface area contributed by atoms with Crippen molar-refractivity contribution in [1.29, 1.82) is 0 Å². The number of hydrogen-bond donors (Lipinski definition) is 2. The van der Waals surface area contributed by atoms with Gasteiger partial charge in [-0.1, -0.05) is 59.6 Å². The van der Waals surface area contributed by atoms with Crippen LogP contribution in [0.2, 0.25) is 5.02 Å². The van der Waals surface area contributed by atoms with E-state index >= 15 is 0 Å². The lowest BCUT2D eigenvalue weighted by molar-refractivity contribution is 0.659. The number of aromatic nitrogens is 4. The highest BCUT2D eigenvalue weighted by atomic mass is 35.5. The fourth-order valence-corrected chi connectivity index (χ4v) is 3.91. The normalized spacial score (nSPS) is 10.9. The van der Waals surface area contributed by atoms with Crippen LogP contribution in [0.4, 0.5) is 11.4 Å². The molecule has 6 nitrogen and oxygen atoms in total. The van der Waals surface area contributed by atoms with Crippen LogP contribution in [0, 0.1) is 20.8 Å². The molecule has 2 N–H and O–H groups in total. The Kier molecular flexibility index (Phi) is 6.58. The SMILES string of the molecule is Cc1ccc(Cn2cc(NC(=S)Nc3c(C)nn(Cc4ccccc4Cl)c3C)cn2)cc1. The van der Waals surface area contributed by atoms with Gasteiger partial charge in [-0.3, -0.25) is 9.36 Å². The van der Waals surface area contributed by atoms with Gasteiger partial charge in [0.1, 0.15) is 0 Å². The highest BCUT2D eigenvalue weighted by Crippen LogP contribution is 2.23. The third kappa shape index (κ3) is 5.18. The molecule has 0 aliphatic heterocycles. The van der Waals surface area contributed by atoms with Gasteiger partial charge in [-0.15, -0.1) is 0 Å². The maximum atomic E-state index is 6.31. The van der Waals surface area contributed by atoms with Crippen molar-refractivity contribution >= 4 is 40.3 Å². The van der Waals surface area contributed by atoms with Crippen molar-refractivity contribution in [2.75, 3.05) is 10.6 Å². The molecule has 164 valence electrons.